The minimum absolute atomic E-state index is 0.0463. The van der Waals surface area contributed by atoms with E-state index in [1.807, 2.05) is 6.92 Å². The van der Waals surface area contributed by atoms with Crippen LogP contribution in [-0.4, -0.2) is 29.8 Å². The predicted octanol–water partition coefficient (Wildman–Crippen LogP) is 3.01. The molecule has 21 heavy (non-hydrogen) atoms. The normalized spacial score (nSPS) is 23.7. The van der Waals surface area contributed by atoms with Gasteiger partial charge in [-0.2, -0.15) is 0 Å². The summed E-state index contributed by atoms with van der Waals surface area (Å²) in [4.78, 5) is 12.5. The summed E-state index contributed by atoms with van der Waals surface area (Å²) < 4.78 is 10.9. The number of aryl methyl sites for hydroxylation is 2. The highest BCUT2D eigenvalue weighted by molar-refractivity contribution is 5.96. The van der Waals surface area contributed by atoms with Crippen LogP contribution in [0.15, 0.2) is 4.52 Å². The number of carbonyl (C=O) groups excluding carboxylic acids is 1. The van der Waals surface area contributed by atoms with Gasteiger partial charge in [0.25, 0.3) is 5.91 Å². The van der Waals surface area contributed by atoms with Crippen LogP contribution in [0, 0.1) is 19.3 Å². The van der Waals surface area contributed by atoms with Gasteiger partial charge in [-0.15, -0.1) is 0 Å². The SMILES string of the molecule is CCO[C@H]1C[C@@H](NC(=O)c2c(C)noc2C)C1(CC)CC. The third kappa shape index (κ3) is 2.59. The fourth-order valence-electron chi connectivity index (χ4n) is 3.62. The first-order valence-corrected chi connectivity index (χ1v) is 7.85. The van der Waals surface area contributed by atoms with E-state index < -0.39 is 0 Å². The van der Waals surface area contributed by atoms with Crippen LogP contribution in [0.2, 0.25) is 0 Å². The molecule has 0 aliphatic heterocycles. The molecule has 5 heteroatoms. The summed E-state index contributed by atoms with van der Waals surface area (Å²) in [6, 6.07) is 0.158. The highest BCUT2D eigenvalue weighted by Crippen LogP contribution is 2.49. The van der Waals surface area contributed by atoms with Gasteiger partial charge < -0.3 is 14.6 Å². The second kappa shape index (κ2) is 6.18. The molecule has 1 aliphatic rings. The van der Waals surface area contributed by atoms with E-state index in [9.17, 15) is 4.79 Å². The Morgan fingerprint density at radius 3 is 2.52 bits per heavy atom. The van der Waals surface area contributed by atoms with Crippen LogP contribution in [0.3, 0.4) is 0 Å². The molecule has 0 unspecified atom stereocenters. The van der Waals surface area contributed by atoms with Gasteiger partial charge in [0.15, 0.2) is 0 Å². The van der Waals surface area contributed by atoms with Crippen molar-refractivity contribution in [1.29, 1.82) is 0 Å². The number of hydrogen-bond acceptors (Lipinski definition) is 4. The molecule has 0 saturated heterocycles. The van der Waals surface area contributed by atoms with Crippen molar-refractivity contribution in [3.8, 4) is 0 Å². The van der Waals surface area contributed by atoms with Crippen LogP contribution in [-0.2, 0) is 4.74 Å². The van der Waals surface area contributed by atoms with Crippen molar-refractivity contribution in [1.82, 2.24) is 10.5 Å². The highest BCUT2D eigenvalue weighted by Gasteiger charge is 2.54. The van der Waals surface area contributed by atoms with E-state index in [0.717, 1.165) is 25.9 Å². The molecule has 1 N–H and O–H groups in total. The van der Waals surface area contributed by atoms with Crippen molar-refractivity contribution in [2.75, 3.05) is 6.61 Å². The summed E-state index contributed by atoms with van der Waals surface area (Å²) >= 11 is 0. The number of carbonyl (C=O) groups is 1. The number of aromatic nitrogens is 1. The van der Waals surface area contributed by atoms with Crippen molar-refractivity contribution >= 4 is 5.91 Å². The largest absolute Gasteiger partial charge is 0.378 e. The Morgan fingerprint density at radius 1 is 1.38 bits per heavy atom. The summed E-state index contributed by atoms with van der Waals surface area (Å²) in [6.45, 7) is 10.6. The first-order chi connectivity index (χ1) is 10.00. The zero-order chi connectivity index (χ0) is 15.6. The Balaban J connectivity index is 2.11. The molecule has 0 spiro atoms. The van der Waals surface area contributed by atoms with Crippen LogP contribution in [0.25, 0.3) is 0 Å². The molecule has 1 aromatic heterocycles. The smallest absolute Gasteiger partial charge is 0.257 e. The van der Waals surface area contributed by atoms with Gasteiger partial charge in [-0.1, -0.05) is 19.0 Å². The minimum Gasteiger partial charge on any atom is -0.378 e. The predicted molar refractivity (Wildman–Crippen MR) is 80.3 cm³/mol. The lowest BCUT2D eigenvalue weighted by Gasteiger charge is -2.55. The number of nitrogens with zero attached hydrogens (tertiary/aromatic N) is 1. The maximum Gasteiger partial charge on any atom is 0.257 e. The van der Waals surface area contributed by atoms with E-state index in [1.54, 1.807) is 13.8 Å². The maximum absolute atomic E-state index is 12.5. The van der Waals surface area contributed by atoms with Crippen molar-refractivity contribution in [2.45, 2.75) is 66.0 Å². The lowest BCUT2D eigenvalue weighted by Crippen LogP contribution is -2.64. The summed E-state index contributed by atoms with van der Waals surface area (Å²) in [5.41, 5.74) is 1.25. The number of ether oxygens (including phenoxy) is 1. The van der Waals surface area contributed by atoms with Crippen LogP contribution in [0.4, 0.5) is 0 Å². The fraction of sp³-hybridized carbons (Fsp3) is 0.750. The van der Waals surface area contributed by atoms with Gasteiger partial charge in [0.05, 0.1) is 11.8 Å². The topological polar surface area (TPSA) is 64.4 Å². The van der Waals surface area contributed by atoms with E-state index in [0.29, 0.717) is 17.0 Å². The number of nitrogens with one attached hydrogen (secondary N) is 1. The third-order valence-corrected chi connectivity index (χ3v) is 5.04. The number of rotatable bonds is 6. The summed E-state index contributed by atoms with van der Waals surface area (Å²) in [7, 11) is 0. The standard InChI is InChI=1S/C16H26N2O3/c1-6-16(7-2)12(9-13(16)20-8-3)17-15(19)14-10(4)18-21-11(14)5/h12-13H,6-9H2,1-5H3,(H,17,19)/t12-,13+/m1/s1. The van der Waals surface area contributed by atoms with E-state index in [-0.39, 0.29) is 23.5 Å². The van der Waals surface area contributed by atoms with Crippen LogP contribution >= 0.6 is 0 Å². The Hall–Kier alpha value is -1.36. The van der Waals surface area contributed by atoms with Crippen molar-refractivity contribution in [3.05, 3.63) is 17.0 Å². The zero-order valence-corrected chi connectivity index (χ0v) is 13.7. The average Bonchev–Trinajstić information content (AvgIpc) is 2.78. The first kappa shape index (κ1) is 16.0. The Kier molecular flexibility index (Phi) is 4.71. The van der Waals surface area contributed by atoms with Gasteiger partial charge in [0.1, 0.15) is 11.3 Å². The van der Waals surface area contributed by atoms with E-state index in [4.69, 9.17) is 9.26 Å². The van der Waals surface area contributed by atoms with Gasteiger partial charge in [0, 0.05) is 18.1 Å². The molecule has 2 atom stereocenters. The van der Waals surface area contributed by atoms with Gasteiger partial charge in [-0.25, -0.2) is 0 Å². The van der Waals surface area contributed by atoms with Crippen LogP contribution < -0.4 is 5.32 Å². The summed E-state index contributed by atoms with van der Waals surface area (Å²) in [6.07, 6.45) is 3.12. The minimum atomic E-state index is -0.0857. The molecule has 1 amide bonds. The molecule has 2 rings (SSSR count). The Labute approximate surface area is 126 Å². The van der Waals surface area contributed by atoms with Gasteiger partial charge in [0.2, 0.25) is 0 Å². The molecule has 1 fully saturated rings. The summed E-state index contributed by atoms with van der Waals surface area (Å²) in [5.74, 6) is 0.488. The lowest BCUT2D eigenvalue weighted by atomic mass is 9.58. The molecule has 0 bridgehead atoms. The zero-order valence-electron chi connectivity index (χ0n) is 13.7. The second-order valence-electron chi connectivity index (χ2n) is 5.85. The number of amides is 1. The third-order valence-electron chi connectivity index (χ3n) is 5.04. The second-order valence-corrected chi connectivity index (χ2v) is 5.85. The van der Waals surface area contributed by atoms with Gasteiger partial charge in [-0.3, -0.25) is 4.79 Å². The molecule has 0 radical (unpaired) electrons. The molecule has 5 nitrogen and oxygen atoms in total. The number of hydrogen-bond donors (Lipinski definition) is 1. The van der Waals surface area contributed by atoms with Gasteiger partial charge >= 0.3 is 0 Å². The molecule has 1 aromatic rings. The van der Waals surface area contributed by atoms with E-state index in [1.165, 1.54) is 0 Å². The Morgan fingerprint density at radius 2 is 2.05 bits per heavy atom. The van der Waals surface area contributed by atoms with Crippen molar-refractivity contribution in [3.63, 3.8) is 0 Å². The van der Waals surface area contributed by atoms with E-state index >= 15 is 0 Å². The lowest BCUT2D eigenvalue weighted by molar-refractivity contribution is -0.134. The fourth-order valence-corrected chi connectivity index (χ4v) is 3.62. The summed E-state index contributed by atoms with van der Waals surface area (Å²) in [5, 5.41) is 7.01. The molecular formula is C16H26N2O3. The monoisotopic (exact) mass is 294 g/mol. The van der Waals surface area contributed by atoms with E-state index in [2.05, 4.69) is 24.3 Å². The molecule has 1 saturated carbocycles. The van der Waals surface area contributed by atoms with Crippen LogP contribution in [0.1, 0.15) is 61.8 Å². The van der Waals surface area contributed by atoms with Gasteiger partial charge in [-0.05, 0) is 40.0 Å². The maximum atomic E-state index is 12.5. The van der Waals surface area contributed by atoms with Crippen molar-refractivity contribution < 1.29 is 14.1 Å². The highest BCUT2D eigenvalue weighted by atomic mass is 16.5. The molecule has 1 aliphatic carbocycles. The van der Waals surface area contributed by atoms with Crippen molar-refractivity contribution in [2.24, 2.45) is 5.41 Å². The Bertz CT molecular complexity index is 486. The first-order valence-electron chi connectivity index (χ1n) is 7.85. The quantitative estimate of drug-likeness (QED) is 0.876. The average molecular weight is 294 g/mol. The molecule has 0 aromatic carbocycles. The molecule has 118 valence electrons. The van der Waals surface area contributed by atoms with Crippen LogP contribution in [0.5, 0.6) is 0 Å². The molecule has 1 heterocycles. The molecular weight excluding hydrogens is 268 g/mol.